The third-order valence-corrected chi connectivity index (χ3v) is 8.30. The molecule has 0 radical (unpaired) electrons. The Morgan fingerprint density at radius 1 is 1.14 bits per heavy atom. The van der Waals surface area contributed by atoms with Crippen molar-refractivity contribution in [1.82, 2.24) is 9.88 Å². The third-order valence-electron chi connectivity index (χ3n) is 7.37. The number of likely N-dealkylation sites (tertiary alicyclic amines) is 1. The summed E-state index contributed by atoms with van der Waals surface area (Å²) in [6.45, 7) is 2.45. The van der Waals surface area contributed by atoms with E-state index >= 15 is 0 Å². The number of benzene rings is 2. The number of amides is 3. The SMILES string of the molecule is CCOc1ccc2nc(NC(=O)CC(c3ccc(F)cc3)N3C(=O)C4C5C=CC(C5)C4C3=O)sc2c1. The monoisotopic (exact) mass is 505 g/mol. The molecule has 2 fully saturated rings. The minimum Gasteiger partial charge on any atom is -0.494 e. The van der Waals surface area contributed by atoms with Gasteiger partial charge in [0.15, 0.2) is 5.13 Å². The van der Waals surface area contributed by atoms with E-state index in [1.165, 1.54) is 40.5 Å². The molecule has 0 spiro atoms. The van der Waals surface area contributed by atoms with Crippen molar-refractivity contribution in [3.8, 4) is 5.75 Å². The Balaban J connectivity index is 1.26. The average molecular weight is 506 g/mol. The maximum absolute atomic E-state index is 13.7. The van der Waals surface area contributed by atoms with Crippen LogP contribution in [0.2, 0.25) is 0 Å². The van der Waals surface area contributed by atoms with Gasteiger partial charge in [0.05, 0.1) is 41.1 Å². The van der Waals surface area contributed by atoms with Gasteiger partial charge in [-0.1, -0.05) is 35.6 Å². The molecule has 184 valence electrons. The zero-order valence-electron chi connectivity index (χ0n) is 19.5. The van der Waals surface area contributed by atoms with E-state index in [1.54, 1.807) is 0 Å². The fourth-order valence-corrected chi connectivity index (χ4v) is 6.75. The first-order chi connectivity index (χ1) is 17.4. The fourth-order valence-electron chi connectivity index (χ4n) is 5.84. The first kappa shape index (κ1) is 22.8. The van der Waals surface area contributed by atoms with Gasteiger partial charge in [0.25, 0.3) is 0 Å². The molecule has 5 unspecified atom stereocenters. The number of nitrogens with one attached hydrogen (secondary N) is 1. The molecule has 1 saturated carbocycles. The maximum Gasteiger partial charge on any atom is 0.234 e. The van der Waals surface area contributed by atoms with E-state index in [-0.39, 0.29) is 47.8 Å². The summed E-state index contributed by atoms with van der Waals surface area (Å²) in [5, 5.41) is 3.24. The Labute approximate surface area is 211 Å². The molecule has 2 heterocycles. The van der Waals surface area contributed by atoms with E-state index < -0.39 is 11.9 Å². The lowest BCUT2D eigenvalue weighted by Gasteiger charge is -2.28. The van der Waals surface area contributed by atoms with Crippen molar-refractivity contribution in [1.29, 1.82) is 0 Å². The summed E-state index contributed by atoms with van der Waals surface area (Å²) < 4.78 is 20.1. The predicted molar refractivity (Wildman–Crippen MR) is 133 cm³/mol. The van der Waals surface area contributed by atoms with Crippen molar-refractivity contribution >= 4 is 44.4 Å². The first-order valence-electron chi connectivity index (χ1n) is 12.1. The van der Waals surface area contributed by atoms with Crippen molar-refractivity contribution in [2.24, 2.45) is 23.7 Å². The van der Waals surface area contributed by atoms with Crippen molar-refractivity contribution in [2.75, 3.05) is 11.9 Å². The molecule has 5 atom stereocenters. The summed E-state index contributed by atoms with van der Waals surface area (Å²) in [4.78, 5) is 45.8. The molecule has 36 heavy (non-hydrogen) atoms. The highest BCUT2D eigenvalue weighted by atomic mass is 32.1. The van der Waals surface area contributed by atoms with Gasteiger partial charge >= 0.3 is 0 Å². The van der Waals surface area contributed by atoms with Gasteiger partial charge in [-0.3, -0.25) is 19.3 Å². The molecular weight excluding hydrogens is 481 g/mol. The quantitative estimate of drug-likeness (QED) is 0.371. The minimum atomic E-state index is -0.825. The number of aromatic nitrogens is 1. The standard InChI is InChI=1S/C27H24FN3O4S/c1-2-35-18-9-10-19-21(12-18)36-27(29-19)30-22(32)13-20(14-5-7-17(28)8-6-14)31-25(33)23-15-3-4-16(11-15)24(23)26(31)34/h3-10,12,15-16,20,23-24H,2,11,13H2,1H3,(H,29,30,32). The van der Waals surface area contributed by atoms with Crippen LogP contribution >= 0.6 is 11.3 Å². The lowest BCUT2D eigenvalue weighted by atomic mass is 9.85. The van der Waals surface area contributed by atoms with Crippen LogP contribution in [0.4, 0.5) is 9.52 Å². The highest BCUT2D eigenvalue weighted by Gasteiger charge is 2.60. The Morgan fingerprint density at radius 3 is 2.50 bits per heavy atom. The number of ether oxygens (including phenoxy) is 1. The molecule has 2 aliphatic carbocycles. The molecule has 3 aromatic rings. The van der Waals surface area contributed by atoms with Crippen LogP contribution in [0, 0.1) is 29.5 Å². The van der Waals surface area contributed by atoms with Gasteiger partial charge in [-0.2, -0.15) is 0 Å². The number of hydrogen-bond donors (Lipinski definition) is 1. The molecule has 1 aromatic heterocycles. The molecule has 7 nitrogen and oxygen atoms in total. The van der Waals surface area contributed by atoms with E-state index in [4.69, 9.17) is 4.74 Å². The maximum atomic E-state index is 13.7. The number of carbonyl (C=O) groups excluding carboxylic acids is 3. The Hall–Kier alpha value is -3.59. The van der Waals surface area contributed by atoms with Crippen LogP contribution in [0.5, 0.6) is 5.75 Å². The van der Waals surface area contributed by atoms with E-state index in [1.807, 2.05) is 37.3 Å². The number of nitrogens with zero attached hydrogens (tertiary/aromatic N) is 2. The summed E-state index contributed by atoms with van der Waals surface area (Å²) in [5.74, 6) is -1.19. The number of hydrogen-bond acceptors (Lipinski definition) is 6. The lowest BCUT2D eigenvalue weighted by molar-refractivity contribution is -0.144. The molecule has 3 aliphatic rings. The minimum absolute atomic E-state index is 0.0634. The third kappa shape index (κ3) is 3.78. The van der Waals surface area contributed by atoms with Crippen molar-refractivity contribution in [2.45, 2.75) is 25.8 Å². The zero-order chi connectivity index (χ0) is 25.0. The largest absolute Gasteiger partial charge is 0.494 e. The second-order valence-electron chi connectivity index (χ2n) is 9.45. The zero-order valence-corrected chi connectivity index (χ0v) is 20.3. The molecule has 1 aliphatic heterocycles. The highest BCUT2D eigenvalue weighted by Crippen LogP contribution is 2.54. The summed E-state index contributed by atoms with van der Waals surface area (Å²) in [6.07, 6.45) is 4.74. The Morgan fingerprint density at radius 2 is 1.83 bits per heavy atom. The number of rotatable bonds is 7. The van der Waals surface area contributed by atoms with Crippen LogP contribution in [0.25, 0.3) is 10.2 Å². The Kier molecular flexibility index (Phi) is 5.59. The second-order valence-corrected chi connectivity index (χ2v) is 10.5. The topological polar surface area (TPSA) is 88.6 Å². The predicted octanol–water partition coefficient (Wildman–Crippen LogP) is 4.71. The van der Waals surface area contributed by atoms with Gasteiger partial charge in [0.1, 0.15) is 11.6 Å². The molecule has 2 aromatic carbocycles. The molecule has 3 amide bonds. The van der Waals surface area contributed by atoms with Gasteiger partial charge in [-0.15, -0.1) is 0 Å². The smallest absolute Gasteiger partial charge is 0.234 e. The van der Waals surface area contributed by atoms with Crippen molar-refractivity contribution in [3.63, 3.8) is 0 Å². The Bertz CT molecular complexity index is 1370. The van der Waals surface area contributed by atoms with E-state index in [0.717, 1.165) is 22.4 Å². The molecule has 9 heteroatoms. The highest BCUT2D eigenvalue weighted by molar-refractivity contribution is 7.22. The van der Waals surface area contributed by atoms with Crippen LogP contribution < -0.4 is 10.1 Å². The van der Waals surface area contributed by atoms with Gasteiger partial charge in [-0.25, -0.2) is 9.37 Å². The van der Waals surface area contributed by atoms with Crippen LogP contribution in [-0.2, 0) is 14.4 Å². The number of thiazole rings is 1. The van der Waals surface area contributed by atoms with E-state index in [9.17, 15) is 18.8 Å². The van der Waals surface area contributed by atoms with Crippen LogP contribution in [0.3, 0.4) is 0 Å². The lowest BCUT2D eigenvalue weighted by Crippen LogP contribution is -2.38. The fraction of sp³-hybridized carbons (Fsp3) is 0.333. The number of fused-ring (bicyclic) bond motifs is 6. The van der Waals surface area contributed by atoms with E-state index in [0.29, 0.717) is 17.3 Å². The van der Waals surface area contributed by atoms with E-state index in [2.05, 4.69) is 10.3 Å². The number of halogens is 1. The van der Waals surface area contributed by atoms with Gasteiger partial charge in [0, 0.05) is 0 Å². The van der Waals surface area contributed by atoms with Gasteiger partial charge < -0.3 is 10.1 Å². The summed E-state index contributed by atoms with van der Waals surface area (Å²) in [5.41, 5.74) is 1.27. The molecule has 2 bridgehead atoms. The van der Waals surface area contributed by atoms with Gasteiger partial charge in [0.2, 0.25) is 17.7 Å². The van der Waals surface area contributed by atoms with Crippen LogP contribution in [0.15, 0.2) is 54.6 Å². The number of anilines is 1. The van der Waals surface area contributed by atoms with Crippen LogP contribution in [-0.4, -0.2) is 34.2 Å². The molecule has 1 N–H and O–H groups in total. The van der Waals surface area contributed by atoms with Crippen LogP contribution in [0.1, 0.15) is 31.4 Å². The number of allylic oxidation sites excluding steroid dienone is 2. The summed E-state index contributed by atoms with van der Waals surface area (Å²) >= 11 is 1.32. The number of carbonyl (C=O) groups is 3. The second kappa shape index (κ2) is 8.81. The molecular formula is C27H24FN3O4S. The summed E-state index contributed by atoms with van der Waals surface area (Å²) in [7, 11) is 0. The first-order valence-corrected chi connectivity index (χ1v) is 12.9. The summed E-state index contributed by atoms with van der Waals surface area (Å²) in [6, 6.07) is 10.3. The molecule has 1 saturated heterocycles. The van der Waals surface area contributed by atoms with Crippen molar-refractivity contribution < 1.29 is 23.5 Å². The average Bonchev–Trinajstić information content (AvgIpc) is 3.62. The normalized spacial score (nSPS) is 25.0. The number of imide groups is 1. The molecule has 6 rings (SSSR count). The van der Waals surface area contributed by atoms with Crippen molar-refractivity contribution in [3.05, 3.63) is 66.0 Å². The van der Waals surface area contributed by atoms with Gasteiger partial charge in [-0.05, 0) is 61.1 Å².